The highest BCUT2D eigenvalue weighted by atomic mass is 35.6. The van der Waals surface area contributed by atoms with Crippen molar-refractivity contribution >= 4 is 104 Å². The van der Waals surface area contributed by atoms with Gasteiger partial charge in [0.2, 0.25) is 3.79 Å². The van der Waals surface area contributed by atoms with Crippen molar-refractivity contribution in [2.24, 2.45) is 0 Å². The first-order chi connectivity index (χ1) is 6.47. The second-order valence-electron chi connectivity index (χ2n) is 2.44. The summed E-state index contributed by atoms with van der Waals surface area (Å²) in [5.74, 6) is 0. The van der Waals surface area contributed by atoms with Gasteiger partial charge < -0.3 is 0 Å². The maximum Gasteiger partial charge on any atom is 0.209 e. The van der Waals surface area contributed by atoms with Gasteiger partial charge in [-0.25, -0.2) is 0 Å². The number of hydrogen-bond donors (Lipinski definition) is 0. The fourth-order valence-electron chi connectivity index (χ4n) is 0.565. The van der Waals surface area contributed by atoms with Crippen molar-refractivity contribution in [1.82, 2.24) is 0 Å². The highest BCUT2D eigenvalue weighted by Crippen LogP contribution is 2.53. The van der Waals surface area contributed by atoms with E-state index in [2.05, 4.69) is 0 Å². The molecule has 0 aromatic carbocycles. The summed E-state index contributed by atoms with van der Waals surface area (Å²) in [4.78, 5) is 0. The smallest absolute Gasteiger partial charge is 0.115 e. The zero-order chi connectivity index (χ0) is 12.5. The van der Waals surface area contributed by atoms with Crippen molar-refractivity contribution in [3.05, 3.63) is 11.6 Å². The summed E-state index contributed by atoms with van der Waals surface area (Å²) in [6.45, 7) is 0. The van der Waals surface area contributed by atoms with E-state index >= 15 is 0 Å². The van der Waals surface area contributed by atoms with E-state index in [4.69, 9.17) is 104 Å². The first kappa shape index (κ1) is 17.4. The second kappa shape index (κ2) is 5.99. The molecule has 0 spiro atoms. The Balaban J connectivity index is 5.13. The Morgan fingerprint density at radius 1 is 0.867 bits per heavy atom. The third-order valence-corrected chi connectivity index (χ3v) is 5.58. The monoisotopic (exact) mass is 390 g/mol. The van der Waals surface area contributed by atoms with Gasteiger partial charge in [0.25, 0.3) is 0 Å². The van der Waals surface area contributed by atoms with Crippen LogP contribution in [0.15, 0.2) is 11.6 Å². The summed E-state index contributed by atoms with van der Waals surface area (Å²) in [5, 5.41) is -1.35. The van der Waals surface area contributed by atoms with Gasteiger partial charge in [-0.05, 0) is 6.08 Å². The van der Waals surface area contributed by atoms with Crippen LogP contribution >= 0.6 is 104 Å². The zero-order valence-corrected chi connectivity index (χ0v) is 13.4. The largest absolute Gasteiger partial charge is 0.209 e. The van der Waals surface area contributed by atoms with Gasteiger partial charge in [-0.2, -0.15) is 0 Å². The molecule has 0 saturated carbocycles. The minimum absolute atomic E-state index is 1.03. The van der Waals surface area contributed by atoms with Crippen LogP contribution in [0.1, 0.15) is 0 Å². The van der Waals surface area contributed by atoms with Gasteiger partial charge >= 0.3 is 0 Å². The van der Waals surface area contributed by atoms with Crippen LogP contribution in [0.4, 0.5) is 0 Å². The number of rotatable bonds is 3. The molecule has 0 saturated heterocycles. The summed E-state index contributed by atoms with van der Waals surface area (Å²) in [6, 6.07) is 0. The summed E-state index contributed by atoms with van der Waals surface area (Å²) in [6.07, 6.45) is 1.11. The van der Waals surface area contributed by atoms with Crippen LogP contribution in [0.25, 0.3) is 0 Å². The van der Waals surface area contributed by atoms with Gasteiger partial charge in [-0.3, -0.25) is 0 Å². The lowest BCUT2D eigenvalue weighted by Gasteiger charge is -2.36. The topological polar surface area (TPSA) is 0 Å². The quantitative estimate of drug-likeness (QED) is 0.510. The standard InChI is InChI=1S/C6H3Cl9/c7-2-1-4(9,10)5(11,12)3(8)6(13,14)15/h1-3H. The lowest BCUT2D eigenvalue weighted by Crippen LogP contribution is -2.48. The molecule has 0 aromatic rings. The van der Waals surface area contributed by atoms with Gasteiger partial charge in [-0.1, -0.05) is 92.8 Å². The number of allylic oxidation sites excluding steroid dienone is 1. The van der Waals surface area contributed by atoms with Crippen LogP contribution in [0.5, 0.6) is 0 Å². The molecule has 0 aliphatic rings. The molecule has 0 amide bonds. The van der Waals surface area contributed by atoms with Crippen LogP contribution in [-0.4, -0.2) is 17.8 Å². The average molecular weight is 394 g/mol. The lowest BCUT2D eigenvalue weighted by atomic mass is 10.2. The van der Waals surface area contributed by atoms with Crippen LogP contribution in [0, 0.1) is 0 Å². The Kier molecular flexibility index (Phi) is 6.93. The Hall–Kier alpha value is 2.35. The van der Waals surface area contributed by atoms with E-state index in [1.807, 2.05) is 0 Å². The van der Waals surface area contributed by atoms with Gasteiger partial charge in [0.05, 0.1) is 0 Å². The second-order valence-corrected chi connectivity index (χ2v) is 8.27. The maximum atomic E-state index is 5.85. The molecule has 0 aliphatic carbocycles. The predicted octanol–water partition coefficient (Wildman–Crippen LogP) is 6.06. The molecule has 90 valence electrons. The SMILES string of the molecule is ClC=CC(Cl)(Cl)C(Cl)(Cl)C(Cl)C(Cl)(Cl)Cl. The molecular weight excluding hydrogens is 391 g/mol. The molecule has 0 rings (SSSR count). The van der Waals surface area contributed by atoms with Crippen molar-refractivity contribution in [1.29, 1.82) is 0 Å². The van der Waals surface area contributed by atoms with E-state index in [0.29, 0.717) is 0 Å². The molecule has 0 heterocycles. The highest BCUT2D eigenvalue weighted by molar-refractivity contribution is 6.73. The molecule has 0 nitrogen and oxygen atoms in total. The maximum absolute atomic E-state index is 5.85. The molecule has 15 heavy (non-hydrogen) atoms. The Bertz CT molecular complexity index is 237. The van der Waals surface area contributed by atoms with E-state index in [1.165, 1.54) is 0 Å². The molecule has 0 radical (unpaired) electrons. The third-order valence-electron chi connectivity index (χ3n) is 1.32. The van der Waals surface area contributed by atoms with Crippen LogP contribution in [0.2, 0.25) is 0 Å². The fourth-order valence-corrected chi connectivity index (χ4v) is 2.79. The Labute approximate surface area is 133 Å². The summed E-state index contributed by atoms with van der Waals surface area (Å²) >= 11 is 50.9. The molecule has 0 N–H and O–H groups in total. The summed E-state index contributed by atoms with van der Waals surface area (Å²) in [5.41, 5.74) is 1.03. The number of halogens is 9. The van der Waals surface area contributed by atoms with Crippen LogP contribution < -0.4 is 0 Å². The first-order valence-corrected chi connectivity index (χ1v) is 6.73. The minimum Gasteiger partial charge on any atom is -0.115 e. The van der Waals surface area contributed by atoms with Gasteiger partial charge in [0, 0.05) is 5.54 Å². The number of alkyl halides is 8. The fraction of sp³-hybridized carbons (Fsp3) is 0.667. The third kappa shape index (κ3) is 4.50. The molecule has 9 heteroatoms. The zero-order valence-electron chi connectivity index (χ0n) is 6.63. The molecule has 0 bridgehead atoms. The average Bonchev–Trinajstić information content (AvgIpc) is 2.00. The molecule has 1 unspecified atom stereocenters. The normalized spacial score (nSPS) is 17.1. The molecular formula is C6H3Cl9. The highest BCUT2D eigenvalue weighted by Gasteiger charge is 2.57. The molecule has 0 fully saturated rings. The van der Waals surface area contributed by atoms with E-state index in [9.17, 15) is 0 Å². The first-order valence-electron chi connectivity index (χ1n) is 3.21. The minimum atomic E-state index is -1.94. The predicted molar refractivity (Wildman–Crippen MR) is 73.8 cm³/mol. The van der Waals surface area contributed by atoms with E-state index in [1.54, 1.807) is 0 Å². The van der Waals surface area contributed by atoms with E-state index in [0.717, 1.165) is 11.6 Å². The van der Waals surface area contributed by atoms with Crippen molar-refractivity contribution in [3.8, 4) is 0 Å². The van der Waals surface area contributed by atoms with Crippen LogP contribution in [0.3, 0.4) is 0 Å². The van der Waals surface area contributed by atoms with Crippen molar-refractivity contribution in [2.45, 2.75) is 17.8 Å². The molecule has 0 aliphatic heterocycles. The van der Waals surface area contributed by atoms with Crippen LogP contribution in [-0.2, 0) is 0 Å². The van der Waals surface area contributed by atoms with Crippen molar-refractivity contribution in [3.63, 3.8) is 0 Å². The Morgan fingerprint density at radius 2 is 1.27 bits per heavy atom. The van der Waals surface area contributed by atoms with E-state index < -0.39 is 17.8 Å². The summed E-state index contributed by atoms with van der Waals surface area (Å²) in [7, 11) is 0. The lowest BCUT2D eigenvalue weighted by molar-refractivity contribution is 0.694. The van der Waals surface area contributed by atoms with Crippen molar-refractivity contribution < 1.29 is 0 Å². The van der Waals surface area contributed by atoms with Gasteiger partial charge in [-0.15, -0.1) is 11.6 Å². The van der Waals surface area contributed by atoms with Crippen molar-refractivity contribution in [2.75, 3.05) is 0 Å². The van der Waals surface area contributed by atoms with Gasteiger partial charge in [0.15, 0.2) is 8.67 Å². The molecule has 1 atom stereocenters. The van der Waals surface area contributed by atoms with Gasteiger partial charge in [0.1, 0.15) is 5.38 Å². The summed E-state index contributed by atoms with van der Waals surface area (Å²) < 4.78 is -5.66. The Morgan fingerprint density at radius 3 is 1.53 bits per heavy atom. The van der Waals surface area contributed by atoms with E-state index in [-0.39, 0.29) is 0 Å². The molecule has 0 aromatic heterocycles. The number of hydrogen-bond acceptors (Lipinski definition) is 0.